The molecule has 0 spiro atoms. The molecular formula is C16H22Br2Cl3NO3. The van der Waals surface area contributed by atoms with Gasteiger partial charge in [-0.1, -0.05) is 72.7 Å². The minimum absolute atomic E-state index is 0.0697. The normalized spacial score (nSPS) is 41.4. The van der Waals surface area contributed by atoms with Gasteiger partial charge in [-0.25, -0.2) is 0 Å². The molecule has 1 N–H and O–H groups in total. The molecule has 9 heteroatoms. The van der Waals surface area contributed by atoms with Gasteiger partial charge < -0.3 is 14.8 Å². The lowest BCUT2D eigenvalue weighted by Gasteiger charge is -2.52. The van der Waals surface area contributed by atoms with Crippen molar-refractivity contribution in [3.05, 3.63) is 12.7 Å². The van der Waals surface area contributed by atoms with Gasteiger partial charge in [-0.2, -0.15) is 0 Å². The molecule has 2 rings (SSSR count). The average Bonchev–Trinajstić information content (AvgIpc) is 2.81. The van der Waals surface area contributed by atoms with Crippen LogP contribution in [0.15, 0.2) is 12.7 Å². The predicted molar refractivity (Wildman–Crippen MR) is 109 cm³/mol. The monoisotopic (exact) mass is 539 g/mol. The third-order valence-corrected chi connectivity index (χ3v) is 8.24. The molecule has 0 aromatic carbocycles. The van der Waals surface area contributed by atoms with E-state index in [4.69, 9.17) is 44.3 Å². The summed E-state index contributed by atoms with van der Waals surface area (Å²) in [6.45, 7) is 10.2. The van der Waals surface area contributed by atoms with E-state index in [1.54, 1.807) is 6.08 Å². The van der Waals surface area contributed by atoms with E-state index in [1.165, 1.54) is 0 Å². The Hall–Kier alpha value is 0.960. The van der Waals surface area contributed by atoms with E-state index in [2.05, 4.69) is 50.7 Å². The minimum Gasteiger partial charge on any atom is -0.348 e. The van der Waals surface area contributed by atoms with Crippen LogP contribution in [0.5, 0.6) is 0 Å². The smallest absolute Gasteiger partial charge is 0.272 e. The van der Waals surface area contributed by atoms with Crippen molar-refractivity contribution in [3.8, 4) is 0 Å². The first-order valence-corrected chi connectivity index (χ1v) is 10.7. The number of carbonyl (C=O) groups excluding carboxylic acids is 1. The topological polar surface area (TPSA) is 47.6 Å². The number of rotatable bonds is 3. The molecule has 1 heterocycles. The van der Waals surface area contributed by atoms with Crippen LogP contribution < -0.4 is 5.32 Å². The fourth-order valence-electron chi connectivity index (χ4n) is 3.49. The summed E-state index contributed by atoms with van der Waals surface area (Å²) in [6, 6.07) is 0. The highest BCUT2D eigenvalue weighted by Gasteiger charge is 2.56. The fraction of sp³-hybridized carbons (Fsp3) is 0.812. The zero-order valence-corrected chi connectivity index (χ0v) is 19.7. The SMILES string of the molecule is C=C[C@]1(NC(=O)C(Cl)(Cl)Cl)C[C@H](Br)[C@@](C)(Br)C[C@@H]1[C@H]1COC(C)(C)O1. The summed E-state index contributed by atoms with van der Waals surface area (Å²) in [5.74, 6) is -1.47. The van der Waals surface area contributed by atoms with E-state index < -0.39 is 21.0 Å². The summed E-state index contributed by atoms with van der Waals surface area (Å²) in [5, 5.41) is 2.91. The van der Waals surface area contributed by atoms with E-state index in [0.717, 1.165) is 0 Å². The zero-order chi connectivity index (χ0) is 19.3. The Bertz CT molecular complexity index is 553. The number of alkyl halides is 5. The molecule has 1 saturated carbocycles. The predicted octanol–water partition coefficient (Wildman–Crippen LogP) is 4.88. The standard InChI is InChI=1S/C16H22Br2Cl3NO3/c1-5-15(22-12(23)16(19,20)21)7-11(17)14(4,18)6-9(15)10-8-24-13(2,3)25-10/h5,9-11H,1,6-8H2,2-4H3,(H,22,23)/t9-,10-,11+,14+,15+/m1/s1. The van der Waals surface area contributed by atoms with E-state index in [1.807, 2.05) is 13.8 Å². The maximum Gasteiger partial charge on any atom is 0.272 e. The van der Waals surface area contributed by atoms with Crippen LogP contribution in [0.2, 0.25) is 0 Å². The average molecular weight is 543 g/mol. The molecule has 0 unspecified atom stereocenters. The van der Waals surface area contributed by atoms with Crippen molar-refractivity contribution in [2.24, 2.45) is 5.92 Å². The van der Waals surface area contributed by atoms with Gasteiger partial charge in [0.15, 0.2) is 5.79 Å². The second-order valence-corrected chi connectivity index (χ2v) is 12.5. The molecule has 2 fully saturated rings. The van der Waals surface area contributed by atoms with Crippen LogP contribution in [0.3, 0.4) is 0 Å². The van der Waals surface area contributed by atoms with Crippen molar-refractivity contribution in [1.29, 1.82) is 0 Å². The molecule has 0 radical (unpaired) electrons. The molecule has 4 nitrogen and oxygen atoms in total. The van der Waals surface area contributed by atoms with Crippen molar-refractivity contribution in [2.75, 3.05) is 6.61 Å². The molecule has 1 amide bonds. The summed E-state index contributed by atoms with van der Waals surface area (Å²) in [4.78, 5) is 12.5. The highest BCUT2D eigenvalue weighted by Crippen LogP contribution is 2.51. The summed E-state index contributed by atoms with van der Waals surface area (Å²) in [6.07, 6.45) is 2.77. The van der Waals surface area contributed by atoms with E-state index in [0.29, 0.717) is 19.4 Å². The summed E-state index contributed by atoms with van der Waals surface area (Å²) in [7, 11) is 0. The first-order valence-electron chi connectivity index (χ1n) is 7.90. The fourth-order valence-corrected chi connectivity index (χ4v) is 4.86. The molecule has 144 valence electrons. The molecule has 2 aliphatic rings. The van der Waals surface area contributed by atoms with Crippen LogP contribution in [-0.2, 0) is 14.3 Å². The van der Waals surface area contributed by atoms with Crippen LogP contribution in [0.4, 0.5) is 0 Å². The van der Waals surface area contributed by atoms with E-state index in [-0.39, 0.29) is 21.2 Å². The van der Waals surface area contributed by atoms with Gasteiger partial charge in [0.2, 0.25) is 0 Å². The Morgan fingerprint density at radius 3 is 2.36 bits per heavy atom. The maximum absolute atomic E-state index is 12.4. The second kappa shape index (κ2) is 7.41. The highest BCUT2D eigenvalue weighted by atomic mass is 79.9. The van der Waals surface area contributed by atoms with Gasteiger partial charge in [0.1, 0.15) is 0 Å². The highest BCUT2D eigenvalue weighted by molar-refractivity contribution is 9.12. The number of hydrogen-bond acceptors (Lipinski definition) is 3. The van der Waals surface area contributed by atoms with Crippen molar-refractivity contribution in [2.45, 2.75) is 64.0 Å². The Morgan fingerprint density at radius 2 is 1.92 bits per heavy atom. The van der Waals surface area contributed by atoms with Crippen LogP contribution in [-0.4, -0.2) is 42.9 Å². The Kier molecular flexibility index (Phi) is 6.60. The maximum atomic E-state index is 12.4. The van der Waals surface area contributed by atoms with Gasteiger partial charge in [-0.15, -0.1) is 6.58 Å². The molecule has 1 saturated heterocycles. The van der Waals surface area contributed by atoms with Crippen LogP contribution in [0, 0.1) is 5.92 Å². The van der Waals surface area contributed by atoms with Gasteiger partial charge in [0.05, 0.1) is 18.2 Å². The number of carbonyl (C=O) groups is 1. The Labute approximate surface area is 180 Å². The van der Waals surface area contributed by atoms with Crippen molar-refractivity contribution in [3.63, 3.8) is 0 Å². The van der Waals surface area contributed by atoms with Crippen molar-refractivity contribution < 1.29 is 14.3 Å². The second-order valence-electron chi connectivity index (χ2n) is 7.32. The summed E-state index contributed by atoms with van der Waals surface area (Å²) >= 11 is 24.8. The van der Waals surface area contributed by atoms with E-state index in [9.17, 15) is 4.79 Å². The van der Waals surface area contributed by atoms with E-state index >= 15 is 0 Å². The lowest BCUT2D eigenvalue weighted by molar-refractivity contribution is -0.150. The van der Waals surface area contributed by atoms with Crippen molar-refractivity contribution >= 4 is 72.6 Å². The molecule has 25 heavy (non-hydrogen) atoms. The first-order chi connectivity index (χ1) is 11.2. The lowest BCUT2D eigenvalue weighted by Crippen LogP contribution is -2.64. The van der Waals surface area contributed by atoms with Crippen molar-refractivity contribution in [1.82, 2.24) is 5.32 Å². The van der Waals surface area contributed by atoms with Gasteiger partial charge >= 0.3 is 0 Å². The first kappa shape index (κ1) is 22.3. The number of halogens is 5. The number of nitrogens with one attached hydrogen (secondary N) is 1. The number of ether oxygens (including phenoxy) is 2. The molecule has 5 atom stereocenters. The quantitative estimate of drug-likeness (QED) is 0.409. The third-order valence-electron chi connectivity index (χ3n) is 4.90. The summed E-state index contributed by atoms with van der Waals surface area (Å²) < 4.78 is 9.58. The molecule has 0 aromatic heterocycles. The largest absolute Gasteiger partial charge is 0.348 e. The third kappa shape index (κ3) is 4.87. The molecule has 0 aromatic rings. The Morgan fingerprint density at radius 1 is 1.32 bits per heavy atom. The van der Waals surface area contributed by atoms with Gasteiger partial charge in [-0.05, 0) is 33.6 Å². The molecule has 0 bridgehead atoms. The van der Waals surface area contributed by atoms with Crippen LogP contribution in [0.25, 0.3) is 0 Å². The minimum atomic E-state index is -2.05. The molecule has 1 aliphatic carbocycles. The lowest BCUT2D eigenvalue weighted by atomic mass is 9.66. The Balaban J connectivity index is 2.38. The number of amides is 1. The number of hydrogen-bond donors (Lipinski definition) is 1. The van der Waals surface area contributed by atoms with Crippen LogP contribution >= 0.6 is 66.7 Å². The summed E-state index contributed by atoms with van der Waals surface area (Å²) in [5.41, 5.74) is -0.795. The molecular weight excluding hydrogens is 520 g/mol. The zero-order valence-electron chi connectivity index (χ0n) is 14.3. The van der Waals surface area contributed by atoms with Gasteiger partial charge in [0.25, 0.3) is 9.70 Å². The van der Waals surface area contributed by atoms with Gasteiger partial charge in [-0.3, -0.25) is 4.79 Å². The van der Waals surface area contributed by atoms with Crippen LogP contribution in [0.1, 0.15) is 33.6 Å². The molecule has 1 aliphatic heterocycles. The van der Waals surface area contributed by atoms with Gasteiger partial charge in [0, 0.05) is 15.1 Å².